The van der Waals surface area contributed by atoms with E-state index in [1.807, 2.05) is 31.2 Å². The molecule has 1 heterocycles. The average Bonchev–Trinajstić information content (AvgIpc) is 2.19. The molecule has 0 fully saturated rings. The maximum Gasteiger partial charge on any atom is 0.820 e. The Morgan fingerprint density at radius 3 is 2.93 bits per heavy atom. The van der Waals surface area contributed by atoms with Gasteiger partial charge in [0.25, 0.3) is 0 Å². The van der Waals surface area contributed by atoms with Crippen LogP contribution in [0.4, 0.5) is 3.52 Å². The molecule has 2 aromatic rings. The molecule has 1 radical (unpaired) electrons. The molecule has 0 spiro atoms. The molecule has 0 saturated heterocycles. The van der Waals surface area contributed by atoms with Crippen LogP contribution in [0.25, 0.3) is 10.9 Å². The van der Waals surface area contributed by atoms with Crippen LogP contribution in [0.3, 0.4) is 0 Å². The van der Waals surface area contributed by atoms with Gasteiger partial charge in [0.05, 0.1) is 0 Å². The zero-order chi connectivity index (χ0) is 9.97. The van der Waals surface area contributed by atoms with Gasteiger partial charge in [0, 0.05) is 11.1 Å². The quantitative estimate of drug-likeness (QED) is 0.701. The van der Waals surface area contributed by atoms with Crippen molar-refractivity contribution in [2.24, 2.45) is 0 Å². The van der Waals surface area contributed by atoms with Crippen molar-refractivity contribution >= 4 is 26.9 Å². The number of fused-ring (bicyclic) bond motifs is 1. The maximum absolute atomic E-state index is 12.1. The third kappa shape index (κ3) is 1.72. The monoisotopic (exact) mass is 204 g/mol. The van der Waals surface area contributed by atoms with Crippen molar-refractivity contribution in [2.45, 2.75) is 6.92 Å². The molecule has 0 bridgehead atoms. The molecule has 0 amide bonds. The Kier molecular flexibility index (Phi) is 2.67. The minimum atomic E-state index is -1.48. The zero-order valence-electron chi connectivity index (χ0n) is 7.70. The molecule has 0 aliphatic carbocycles. The molecule has 0 atom stereocenters. The lowest BCUT2D eigenvalue weighted by atomic mass is 10.2. The Morgan fingerprint density at radius 1 is 1.29 bits per heavy atom. The first kappa shape index (κ1) is 9.45. The van der Waals surface area contributed by atoms with Gasteiger partial charge in [-0.15, -0.1) is 0 Å². The standard InChI is InChI=1S/C10H9NO.Al.FH/c1-7-5-6-8-3-2-4-9(12)10(8)11-7;;/h2-6,12H,1H3;;1H/q;+2;/p-2. The Labute approximate surface area is 88.2 Å². The van der Waals surface area contributed by atoms with Crippen LogP contribution in [0.2, 0.25) is 0 Å². The van der Waals surface area contributed by atoms with E-state index in [1.54, 1.807) is 6.07 Å². The van der Waals surface area contributed by atoms with Crippen LogP contribution in [0, 0.1) is 6.92 Å². The van der Waals surface area contributed by atoms with Gasteiger partial charge in [-0.05, 0) is 19.1 Å². The highest BCUT2D eigenvalue weighted by molar-refractivity contribution is 6.18. The van der Waals surface area contributed by atoms with Gasteiger partial charge in [-0.3, -0.25) is 0 Å². The van der Waals surface area contributed by atoms with E-state index in [1.165, 1.54) is 0 Å². The Balaban J connectivity index is 2.64. The van der Waals surface area contributed by atoms with Crippen molar-refractivity contribution in [3.63, 3.8) is 0 Å². The molecule has 0 aliphatic rings. The van der Waals surface area contributed by atoms with Gasteiger partial charge in [0.1, 0.15) is 11.3 Å². The fourth-order valence-corrected chi connectivity index (χ4v) is 1.65. The number of benzene rings is 1. The lowest BCUT2D eigenvalue weighted by Gasteiger charge is -2.06. The topological polar surface area (TPSA) is 22.1 Å². The van der Waals surface area contributed by atoms with Crippen molar-refractivity contribution in [1.82, 2.24) is 4.98 Å². The molecule has 69 valence electrons. The fourth-order valence-electron chi connectivity index (χ4n) is 1.36. The second-order valence-corrected chi connectivity index (χ2v) is 3.40. The molecular formula is C10H8AlFNO. The first-order chi connectivity index (χ1) is 6.81. The Bertz CT molecular complexity index is 461. The first-order valence-electron chi connectivity index (χ1n) is 4.26. The largest absolute Gasteiger partial charge is 0.820 e. The molecule has 14 heavy (non-hydrogen) atoms. The molecule has 4 heteroatoms. The minimum Gasteiger partial charge on any atom is -0.622 e. The third-order valence-electron chi connectivity index (χ3n) is 1.99. The fraction of sp³-hybridized carbons (Fsp3) is 0.100. The van der Waals surface area contributed by atoms with Crippen LogP contribution < -0.4 is 3.79 Å². The van der Waals surface area contributed by atoms with E-state index in [-0.39, 0.29) is 0 Å². The van der Waals surface area contributed by atoms with Crippen molar-refractivity contribution < 1.29 is 7.31 Å². The third-order valence-corrected chi connectivity index (χ3v) is 2.34. The van der Waals surface area contributed by atoms with E-state index in [0.717, 1.165) is 16.6 Å². The number of para-hydroxylation sites is 1. The van der Waals surface area contributed by atoms with Crippen molar-refractivity contribution in [3.05, 3.63) is 36.0 Å². The highest BCUT2D eigenvalue weighted by atomic mass is 27.2. The van der Waals surface area contributed by atoms with Crippen LogP contribution in [-0.4, -0.2) is 21.0 Å². The smallest absolute Gasteiger partial charge is 0.622 e. The highest BCUT2D eigenvalue weighted by Crippen LogP contribution is 2.23. The molecule has 0 N–H and O–H groups in total. The van der Waals surface area contributed by atoms with Gasteiger partial charge in [-0.2, -0.15) is 0 Å². The molecule has 0 saturated carbocycles. The van der Waals surface area contributed by atoms with E-state index in [4.69, 9.17) is 3.79 Å². The van der Waals surface area contributed by atoms with Crippen LogP contribution >= 0.6 is 0 Å². The summed E-state index contributed by atoms with van der Waals surface area (Å²) in [6, 6.07) is 9.39. The van der Waals surface area contributed by atoms with Crippen molar-refractivity contribution in [3.8, 4) is 5.75 Å². The number of pyridine rings is 1. The molecule has 2 rings (SSSR count). The number of aryl methyl sites for hydroxylation is 1. The van der Waals surface area contributed by atoms with Crippen LogP contribution in [0.1, 0.15) is 5.69 Å². The van der Waals surface area contributed by atoms with Crippen LogP contribution in [-0.2, 0) is 0 Å². The van der Waals surface area contributed by atoms with Crippen molar-refractivity contribution in [2.75, 3.05) is 0 Å². The van der Waals surface area contributed by atoms with Gasteiger partial charge >= 0.3 is 16.0 Å². The van der Waals surface area contributed by atoms with Gasteiger partial charge in [-0.25, -0.2) is 4.98 Å². The van der Waals surface area contributed by atoms with Crippen LogP contribution in [0.15, 0.2) is 30.3 Å². The van der Waals surface area contributed by atoms with E-state index in [9.17, 15) is 3.52 Å². The predicted octanol–water partition coefficient (Wildman–Crippen LogP) is 2.43. The number of rotatable bonds is 2. The summed E-state index contributed by atoms with van der Waals surface area (Å²) in [5.41, 5.74) is 1.64. The highest BCUT2D eigenvalue weighted by Gasteiger charge is 2.04. The number of halogens is 1. The number of hydrogen-bond acceptors (Lipinski definition) is 2. The summed E-state index contributed by atoms with van der Waals surface area (Å²) in [6.07, 6.45) is 0. The second-order valence-electron chi connectivity index (χ2n) is 2.99. The Hall–Kier alpha value is -1.11. The molecule has 1 aromatic heterocycles. The molecule has 2 nitrogen and oxygen atoms in total. The summed E-state index contributed by atoms with van der Waals surface area (Å²) < 4.78 is 17.1. The SMILES string of the molecule is Cc1ccc2cccc([O][Al][F])c2n1. The summed E-state index contributed by atoms with van der Waals surface area (Å²) in [5.74, 6) is 0.531. The van der Waals surface area contributed by atoms with Crippen LogP contribution in [0.5, 0.6) is 5.75 Å². The lowest BCUT2D eigenvalue weighted by Crippen LogP contribution is -1.96. The average molecular weight is 204 g/mol. The summed E-state index contributed by atoms with van der Waals surface area (Å²) >= 11 is -1.48. The van der Waals surface area contributed by atoms with Crippen molar-refractivity contribution in [1.29, 1.82) is 0 Å². The van der Waals surface area contributed by atoms with Gasteiger partial charge in [-0.1, -0.05) is 18.2 Å². The molecule has 0 unspecified atom stereocenters. The van der Waals surface area contributed by atoms with E-state index >= 15 is 0 Å². The maximum atomic E-state index is 12.1. The van der Waals surface area contributed by atoms with Gasteiger partial charge in [0.15, 0.2) is 0 Å². The Morgan fingerprint density at radius 2 is 2.14 bits per heavy atom. The van der Waals surface area contributed by atoms with Gasteiger partial charge < -0.3 is 7.31 Å². The first-order valence-corrected chi connectivity index (χ1v) is 5.17. The lowest BCUT2D eigenvalue weighted by molar-refractivity contribution is 0.540. The predicted molar refractivity (Wildman–Crippen MR) is 54.0 cm³/mol. The zero-order valence-corrected chi connectivity index (χ0v) is 8.85. The normalized spacial score (nSPS) is 10.1. The van der Waals surface area contributed by atoms with E-state index in [2.05, 4.69) is 4.98 Å². The molecule has 1 aromatic carbocycles. The van der Waals surface area contributed by atoms with E-state index in [0.29, 0.717) is 5.75 Å². The summed E-state index contributed by atoms with van der Waals surface area (Å²) in [6.45, 7) is 1.90. The molecular weight excluding hydrogens is 196 g/mol. The second kappa shape index (κ2) is 3.95. The summed E-state index contributed by atoms with van der Waals surface area (Å²) in [7, 11) is 0. The minimum absolute atomic E-state index is 0.531. The summed E-state index contributed by atoms with van der Waals surface area (Å²) in [4.78, 5) is 4.32. The molecule has 0 aliphatic heterocycles. The van der Waals surface area contributed by atoms with Gasteiger partial charge in [0.2, 0.25) is 0 Å². The van der Waals surface area contributed by atoms with E-state index < -0.39 is 16.0 Å². The number of nitrogens with zero attached hydrogens (tertiary/aromatic N) is 1. The number of hydrogen-bond donors (Lipinski definition) is 0. The summed E-state index contributed by atoms with van der Waals surface area (Å²) in [5, 5.41) is 0.973. The number of aromatic nitrogens is 1.